The topological polar surface area (TPSA) is 138 Å². The van der Waals surface area contributed by atoms with Gasteiger partial charge in [0.1, 0.15) is 10.7 Å². The molecule has 0 radical (unpaired) electrons. The second-order valence-corrected chi connectivity index (χ2v) is 16.4. The second kappa shape index (κ2) is 20.2. The van der Waals surface area contributed by atoms with E-state index in [0.717, 1.165) is 31.4 Å². The van der Waals surface area contributed by atoms with Gasteiger partial charge in [0.05, 0.1) is 24.1 Å². The molecule has 1 aromatic carbocycles. The van der Waals surface area contributed by atoms with Gasteiger partial charge in [-0.3, -0.25) is 28.9 Å². The summed E-state index contributed by atoms with van der Waals surface area (Å²) in [6.45, 7) is 16.3. The quantitative estimate of drug-likeness (QED) is 0.152. The fourth-order valence-corrected chi connectivity index (χ4v) is 8.27. The largest absolute Gasteiger partial charge is 0.466 e. The number of likely N-dealkylation sites (N-methyl/N-ethyl adjacent to an activating group) is 1. The Labute approximate surface area is 321 Å². The average Bonchev–Trinajstić information content (AvgIpc) is 3.75. The normalized spacial score (nSPS) is 19.5. The van der Waals surface area contributed by atoms with Crippen molar-refractivity contribution in [2.75, 3.05) is 27.2 Å². The Bertz CT molecular complexity index is 1530. The van der Waals surface area contributed by atoms with Crippen LogP contribution >= 0.6 is 11.3 Å². The Morgan fingerprint density at radius 2 is 1.72 bits per heavy atom. The van der Waals surface area contributed by atoms with Crippen molar-refractivity contribution in [1.29, 1.82) is 0 Å². The lowest BCUT2D eigenvalue weighted by Crippen LogP contribution is -2.50. The first-order chi connectivity index (χ1) is 25.0. The summed E-state index contributed by atoms with van der Waals surface area (Å²) in [6.07, 6.45) is 4.00. The molecule has 1 aliphatic rings. The third-order valence-electron chi connectivity index (χ3n) is 11.2. The number of Topliss-reactive ketones (excluding diaryl/α,β-unsaturated/α-hetero) is 1. The molecule has 1 saturated heterocycles. The Kier molecular flexibility index (Phi) is 16.6. The van der Waals surface area contributed by atoms with E-state index in [4.69, 9.17) is 9.72 Å². The minimum atomic E-state index is -0.561. The highest BCUT2D eigenvalue weighted by molar-refractivity contribution is 7.09. The van der Waals surface area contributed by atoms with Crippen molar-refractivity contribution < 1.29 is 28.7 Å². The number of thiazole rings is 1. The van der Waals surface area contributed by atoms with Crippen molar-refractivity contribution in [2.24, 2.45) is 23.7 Å². The first-order valence-electron chi connectivity index (χ1n) is 19.3. The van der Waals surface area contributed by atoms with Crippen LogP contribution in [0, 0.1) is 23.7 Å². The van der Waals surface area contributed by atoms with Crippen LogP contribution in [0.4, 0.5) is 0 Å². The molecule has 12 heteroatoms. The van der Waals surface area contributed by atoms with E-state index in [-0.39, 0.29) is 72.1 Å². The molecular weight excluding hydrogens is 691 g/mol. The summed E-state index contributed by atoms with van der Waals surface area (Å²) in [7, 11) is 3.78. The van der Waals surface area contributed by atoms with Crippen LogP contribution in [0.3, 0.4) is 0 Å². The maximum atomic E-state index is 14.3. The van der Waals surface area contributed by atoms with Crippen LogP contribution in [0.2, 0.25) is 0 Å². The van der Waals surface area contributed by atoms with Crippen molar-refractivity contribution in [1.82, 2.24) is 25.4 Å². The van der Waals surface area contributed by atoms with E-state index in [1.54, 1.807) is 31.2 Å². The molecule has 0 saturated carbocycles. The Balaban J connectivity index is 1.83. The van der Waals surface area contributed by atoms with Crippen LogP contribution in [0.1, 0.15) is 121 Å². The zero-order chi connectivity index (χ0) is 39.5. The molecule has 2 heterocycles. The molecule has 1 aromatic heterocycles. The Hall–Kier alpha value is -3.64. The van der Waals surface area contributed by atoms with Gasteiger partial charge in [-0.25, -0.2) is 4.98 Å². The van der Waals surface area contributed by atoms with E-state index in [0.29, 0.717) is 24.3 Å². The van der Waals surface area contributed by atoms with Gasteiger partial charge in [-0.1, -0.05) is 71.4 Å². The number of esters is 1. The average molecular weight is 754 g/mol. The van der Waals surface area contributed by atoms with Gasteiger partial charge in [0.15, 0.2) is 5.78 Å². The van der Waals surface area contributed by atoms with Crippen LogP contribution in [-0.2, 0) is 30.3 Å². The van der Waals surface area contributed by atoms with Crippen LogP contribution in [0.15, 0.2) is 35.7 Å². The van der Waals surface area contributed by atoms with Crippen LogP contribution in [-0.4, -0.2) is 89.1 Å². The SMILES string of the molecule is CCOC(=O)[C@@H](C)C[C@H](Cc1ccccc1)NC(=O)c1csc([C@@H](C[C@H](C(C)C)N(C)C(=O)[C@@H](CC(=O)[C@@]2(C)CCCN2C)[C@@H](C)CC)NC(C)=O)n1. The summed E-state index contributed by atoms with van der Waals surface area (Å²) >= 11 is 1.28. The fraction of sp³-hybridized carbons (Fsp3) is 0.659. The number of hydrogen-bond acceptors (Lipinski definition) is 9. The van der Waals surface area contributed by atoms with Gasteiger partial charge in [-0.2, -0.15) is 0 Å². The standard InChI is InChI=1S/C41H63N5O6S/c1-11-27(5)32(23-36(48)41(8)19-16-20-45(41)9)39(50)46(10)35(26(3)4)24-33(42-29(7)47)38-44-34(25-53-38)37(49)43-31(21-28(6)40(51)52-12-2)22-30-17-14-13-15-18-30/h13-15,17-18,25-28,31-33,35H,11-12,16,19-24H2,1-10H3,(H,42,47)(H,43,49)/t27-,28-,31+,32-,33+,35+,41+/m0/s1. The number of nitrogens with one attached hydrogen (secondary N) is 2. The van der Waals surface area contributed by atoms with Gasteiger partial charge in [0.2, 0.25) is 11.8 Å². The van der Waals surface area contributed by atoms with E-state index in [2.05, 4.69) is 15.5 Å². The maximum absolute atomic E-state index is 14.3. The van der Waals surface area contributed by atoms with Crippen molar-refractivity contribution in [3.63, 3.8) is 0 Å². The van der Waals surface area contributed by atoms with Crippen LogP contribution < -0.4 is 10.6 Å². The second-order valence-electron chi connectivity index (χ2n) is 15.5. The lowest BCUT2D eigenvalue weighted by molar-refractivity contribution is -0.147. The molecule has 3 rings (SSSR count). The minimum Gasteiger partial charge on any atom is -0.466 e. The summed E-state index contributed by atoms with van der Waals surface area (Å²) in [4.78, 5) is 75.3. The molecule has 1 aliphatic heterocycles. The van der Waals surface area contributed by atoms with Gasteiger partial charge in [-0.05, 0) is 76.9 Å². The van der Waals surface area contributed by atoms with Gasteiger partial charge in [-0.15, -0.1) is 11.3 Å². The van der Waals surface area contributed by atoms with E-state index in [9.17, 15) is 24.0 Å². The molecule has 53 heavy (non-hydrogen) atoms. The van der Waals surface area contributed by atoms with E-state index in [1.807, 2.05) is 72.0 Å². The highest BCUT2D eigenvalue weighted by Gasteiger charge is 2.43. The Morgan fingerprint density at radius 1 is 1.04 bits per heavy atom. The molecule has 11 nitrogen and oxygen atoms in total. The van der Waals surface area contributed by atoms with Gasteiger partial charge in [0.25, 0.3) is 5.91 Å². The lowest BCUT2D eigenvalue weighted by atomic mass is 9.80. The molecular formula is C41H63N5O6S. The highest BCUT2D eigenvalue weighted by Crippen LogP contribution is 2.34. The van der Waals surface area contributed by atoms with E-state index < -0.39 is 23.4 Å². The van der Waals surface area contributed by atoms with Crippen molar-refractivity contribution in [3.05, 3.63) is 52.0 Å². The zero-order valence-corrected chi connectivity index (χ0v) is 34.4. The lowest BCUT2D eigenvalue weighted by Gasteiger charge is -2.38. The third-order valence-corrected chi connectivity index (χ3v) is 12.1. The maximum Gasteiger partial charge on any atom is 0.308 e. The highest BCUT2D eigenvalue weighted by atomic mass is 32.1. The number of ketones is 1. The molecule has 0 bridgehead atoms. The Morgan fingerprint density at radius 3 is 2.28 bits per heavy atom. The number of carbonyl (C=O) groups is 5. The third kappa shape index (κ3) is 11.9. The molecule has 0 aliphatic carbocycles. The molecule has 3 amide bonds. The van der Waals surface area contributed by atoms with Gasteiger partial charge in [0, 0.05) is 43.8 Å². The number of likely N-dealkylation sites (tertiary alicyclic amines) is 1. The van der Waals surface area contributed by atoms with Crippen LogP contribution in [0.5, 0.6) is 0 Å². The molecule has 0 spiro atoms. The van der Waals surface area contributed by atoms with Crippen molar-refractivity contribution in [3.8, 4) is 0 Å². The number of hydrogen-bond donors (Lipinski definition) is 2. The number of nitrogens with zero attached hydrogens (tertiary/aromatic N) is 3. The molecule has 0 unspecified atom stereocenters. The number of rotatable bonds is 20. The van der Waals surface area contributed by atoms with Crippen molar-refractivity contribution in [2.45, 2.75) is 124 Å². The summed E-state index contributed by atoms with van der Waals surface area (Å²) in [6, 6.07) is 8.58. The first-order valence-corrected chi connectivity index (χ1v) is 20.1. The molecule has 7 atom stereocenters. The van der Waals surface area contributed by atoms with Crippen LogP contribution in [0.25, 0.3) is 0 Å². The first kappa shape index (κ1) is 43.8. The minimum absolute atomic E-state index is 0.00851. The molecule has 2 N–H and O–H groups in total. The number of aromatic nitrogens is 1. The van der Waals surface area contributed by atoms with Gasteiger partial charge < -0.3 is 20.3 Å². The summed E-state index contributed by atoms with van der Waals surface area (Å²) in [5, 5.41) is 8.35. The molecule has 2 aromatic rings. The smallest absolute Gasteiger partial charge is 0.308 e. The molecule has 294 valence electrons. The monoisotopic (exact) mass is 753 g/mol. The number of benzene rings is 1. The summed E-state index contributed by atoms with van der Waals surface area (Å²) in [5.74, 6) is -1.75. The van der Waals surface area contributed by atoms with Crippen molar-refractivity contribution >= 4 is 40.8 Å². The number of carbonyl (C=O) groups excluding carboxylic acids is 5. The predicted octanol–water partition coefficient (Wildman–Crippen LogP) is 6.23. The predicted molar refractivity (Wildman–Crippen MR) is 209 cm³/mol. The van der Waals surface area contributed by atoms with Gasteiger partial charge >= 0.3 is 5.97 Å². The molecule has 1 fully saturated rings. The fourth-order valence-electron chi connectivity index (χ4n) is 7.41. The van der Waals surface area contributed by atoms with E-state index >= 15 is 0 Å². The number of amides is 3. The number of ether oxygens (including phenoxy) is 1. The van der Waals surface area contributed by atoms with E-state index in [1.165, 1.54) is 18.3 Å². The summed E-state index contributed by atoms with van der Waals surface area (Å²) < 4.78 is 5.22. The summed E-state index contributed by atoms with van der Waals surface area (Å²) in [5.41, 5.74) is 0.680. The zero-order valence-electron chi connectivity index (χ0n) is 33.6.